The highest BCUT2D eigenvalue weighted by Crippen LogP contribution is 2.31. The van der Waals surface area contributed by atoms with Gasteiger partial charge in [0.2, 0.25) is 0 Å². The standard InChI is InChI=1S/C16H15FN2O2/c1-20-15-8-3-11(9-16(15)21-2)14(10-18)19-13-6-4-12(17)5-7-13/h3-9,14,19H,1-2H3. The second-order valence-corrected chi connectivity index (χ2v) is 4.33. The number of hydrogen-bond donors (Lipinski definition) is 1. The van der Waals surface area contributed by atoms with Gasteiger partial charge in [-0.3, -0.25) is 0 Å². The van der Waals surface area contributed by atoms with Crippen molar-refractivity contribution in [3.05, 3.63) is 53.8 Å². The van der Waals surface area contributed by atoms with E-state index < -0.39 is 6.04 Å². The van der Waals surface area contributed by atoms with Crippen LogP contribution in [0.1, 0.15) is 11.6 Å². The summed E-state index contributed by atoms with van der Waals surface area (Å²) in [7, 11) is 3.09. The first kappa shape index (κ1) is 14.7. The molecule has 21 heavy (non-hydrogen) atoms. The van der Waals surface area contributed by atoms with Crippen molar-refractivity contribution in [3.8, 4) is 17.6 Å². The molecule has 0 amide bonds. The summed E-state index contributed by atoms with van der Waals surface area (Å²) in [6.07, 6.45) is 0. The van der Waals surface area contributed by atoms with Gasteiger partial charge < -0.3 is 14.8 Å². The Kier molecular flexibility index (Phi) is 4.62. The minimum atomic E-state index is -0.574. The van der Waals surface area contributed by atoms with Crippen molar-refractivity contribution in [2.75, 3.05) is 19.5 Å². The number of halogens is 1. The van der Waals surface area contributed by atoms with E-state index in [-0.39, 0.29) is 5.82 Å². The van der Waals surface area contributed by atoms with Gasteiger partial charge in [0, 0.05) is 5.69 Å². The lowest BCUT2D eigenvalue weighted by atomic mass is 10.1. The van der Waals surface area contributed by atoms with Crippen LogP contribution in [-0.2, 0) is 0 Å². The fraction of sp³-hybridized carbons (Fsp3) is 0.188. The van der Waals surface area contributed by atoms with E-state index >= 15 is 0 Å². The molecule has 1 unspecified atom stereocenters. The van der Waals surface area contributed by atoms with Crippen molar-refractivity contribution in [1.82, 2.24) is 0 Å². The molecule has 0 aliphatic rings. The third-order valence-corrected chi connectivity index (χ3v) is 3.03. The average Bonchev–Trinajstić information content (AvgIpc) is 2.53. The van der Waals surface area contributed by atoms with E-state index in [1.165, 1.54) is 19.2 Å². The van der Waals surface area contributed by atoms with Gasteiger partial charge in [-0.05, 0) is 42.0 Å². The molecule has 1 N–H and O–H groups in total. The molecule has 0 aliphatic heterocycles. The Hall–Kier alpha value is -2.74. The molecule has 2 aromatic carbocycles. The Balaban J connectivity index is 2.25. The molecule has 2 rings (SSSR count). The van der Waals surface area contributed by atoms with Crippen LogP contribution < -0.4 is 14.8 Å². The predicted octanol–water partition coefficient (Wildman–Crippen LogP) is 3.52. The van der Waals surface area contributed by atoms with Crippen LogP contribution in [0.15, 0.2) is 42.5 Å². The molecule has 0 aliphatic carbocycles. The van der Waals surface area contributed by atoms with Crippen molar-refractivity contribution in [2.24, 2.45) is 0 Å². The number of nitriles is 1. The average molecular weight is 286 g/mol. The quantitative estimate of drug-likeness (QED) is 0.913. The second-order valence-electron chi connectivity index (χ2n) is 4.33. The van der Waals surface area contributed by atoms with Gasteiger partial charge in [-0.25, -0.2) is 4.39 Å². The lowest BCUT2D eigenvalue weighted by molar-refractivity contribution is 0.354. The number of anilines is 1. The zero-order chi connectivity index (χ0) is 15.2. The summed E-state index contributed by atoms with van der Waals surface area (Å²) in [5, 5.41) is 12.4. The van der Waals surface area contributed by atoms with Gasteiger partial charge in [0.05, 0.1) is 20.3 Å². The Morgan fingerprint density at radius 2 is 1.71 bits per heavy atom. The molecular weight excluding hydrogens is 271 g/mol. The van der Waals surface area contributed by atoms with Gasteiger partial charge in [-0.1, -0.05) is 6.07 Å². The maximum absolute atomic E-state index is 12.9. The molecular formula is C16H15FN2O2. The zero-order valence-corrected chi connectivity index (χ0v) is 11.8. The second kappa shape index (κ2) is 6.62. The van der Waals surface area contributed by atoms with E-state index in [9.17, 15) is 9.65 Å². The molecule has 0 saturated heterocycles. The summed E-state index contributed by atoms with van der Waals surface area (Å²) >= 11 is 0. The highest BCUT2D eigenvalue weighted by molar-refractivity contribution is 5.50. The molecule has 5 heteroatoms. The molecule has 0 bridgehead atoms. The third-order valence-electron chi connectivity index (χ3n) is 3.03. The van der Waals surface area contributed by atoms with E-state index in [0.29, 0.717) is 17.2 Å². The number of ether oxygens (including phenoxy) is 2. The van der Waals surface area contributed by atoms with E-state index in [2.05, 4.69) is 11.4 Å². The lowest BCUT2D eigenvalue weighted by Crippen LogP contribution is -2.08. The number of benzene rings is 2. The molecule has 0 saturated carbocycles. The van der Waals surface area contributed by atoms with Crippen LogP contribution in [0.4, 0.5) is 10.1 Å². The Labute approximate surface area is 122 Å². The Bertz CT molecular complexity index is 650. The van der Waals surface area contributed by atoms with Crippen LogP contribution in [-0.4, -0.2) is 14.2 Å². The van der Waals surface area contributed by atoms with Gasteiger partial charge >= 0.3 is 0 Å². The van der Waals surface area contributed by atoms with E-state index in [1.54, 1.807) is 37.4 Å². The predicted molar refractivity (Wildman–Crippen MR) is 77.9 cm³/mol. The van der Waals surface area contributed by atoms with Crippen molar-refractivity contribution >= 4 is 5.69 Å². The minimum absolute atomic E-state index is 0.319. The third kappa shape index (κ3) is 3.42. The highest BCUT2D eigenvalue weighted by Gasteiger charge is 2.13. The van der Waals surface area contributed by atoms with Crippen molar-refractivity contribution in [2.45, 2.75) is 6.04 Å². The van der Waals surface area contributed by atoms with Crippen molar-refractivity contribution in [1.29, 1.82) is 5.26 Å². The van der Waals surface area contributed by atoms with Crippen LogP contribution in [0.5, 0.6) is 11.5 Å². The number of nitrogens with one attached hydrogen (secondary N) is 1. The van der Waals surface area contributed by atoms with Crippen LogP contribution >= 0.6 is 0 Å². The van der Waals surface area contributed by atoms with Crippen molar-refractivity contribution in [3.63, 3.8) is 0 Å². The highest BCUT2D eigenvalue weighted by atomic mass is 19.1. The van der Waals surface area contributed by atoms with Crippen LogP contribution in [0.2, 0.25) is 0 Å². The molecule has 1 atom stereocenters. The summed E-state index contributed by atoms with van der Waals surface area (Å²) in [5.74, 6) is 0.830. The lowest BCUT2D eigenvalue weighted by Gasteiger charge is -2.15. The largest absolute Gasteiger partial charge is 0.493 e. The number of nitrogens with zero attached hydrogens (tertiary/aromatic N) is 1. The molecule has 4 nitrogen and oxygen atoms in total. The topological polar surface area (TPSA) is 54.3 Å². The van der Waals surface area contributed by atoms with E-state index in [4.69, 9.17) is 9.47 Å². The van der Waals surface area contributed by atoms with Crippen LogP contribution in [0, 0.1) is 17.1 Å². The van der Waals surface area contributed by atoms with Gasteiger partial charge in [0.1, 0.15) is 11.9 Å². The Morgan fingerprint density at radius 1 is 1.05 bits per heavy atom. The normalized spacial score (nSPS) is 11.3. The SMILES string of the molecule is COc1ccc(C(C#N)Nc2ccc(F)cc2)cc1OC. The molecule has 0 spiro atoms. The molecule has 0 fully saturated rings. The monoisotopic (exact) mass is 286 g/mol. The zero-order valence-electron chi connectivity index (χ0n) is 11.8. The smallest absolute Gasteiger partial charge is 0.161 e. The van der Waals surface area contributed by atoms with E-state index in [1.807, 2.05) is 0 Å². The van der Waals surface area contributed by atoms with Gasteiger partial charge in [0.15, 0.2) is 11.5 Å². The molecule has 0 radical (unpaired) electrons. The summed E-state index contributed by atoms with van der Waals surface area (Å²) in [6.45, 7) is 0. The summed E-state index contributed by atoms with van der Waals surface area (Å²) in [6, 6.07) is 12.7. The maximum Gasteiger partial charge on any atom is 0.161 e. The van der Waals surface area contributed by atoms with Crippen LogP contribution in [0.25, 0.3) is 0 Å². The van der Waals surface area contributed by atoms with Gasteiger partial charge in [-0.15, -0.1) is 0 Å². The number of methoxy groups -OCH3 is 2. The fourth-order valence-electron chi connectivity index (χ4n) is 1.94. The molecule has 0 heterocycles. The van der Waals surface area contributed by atoms with Gasteiger partial charge in [0.25, 0.3) is 0 Å². The Morgan fingerprint density at radius 3 is 2.29 bits per heavy atom. The molecule has 2 aromatic rings. The first-order chi connectivity index (χ1) is 10.2. The number of rotatable bonds is 5. The summed E-state index contributed by atoms with van der Waals surface area (Å²) in [5.41, 5.74) is 1.40. The number of hydrogen-bond acceptors (Lipinski definition) is 4. The first-order valence-electron chi connectivity index (χ1n) is 6.31. The maximum atomic E-state index is 12.9. The first-order valence-corrected chi connectivity index (χ1v) is 6.31. The summed E-state index contributed by atoms with van der Waals surface area (Å²) in [4.78, 5) is 0. The summed E-state index contributed by atoms with van der Waals surface area (Å²) < 4.78 is 23.3. The van der Waals surface area contributed by atoms with Gasteiger partial charge in [-0.2, -0.15) is 5.26 Å². The van der Waals surface area contributed by atoms with Crippen LogP contribution in [0.3, 0.4) is 0 Å². The van der Waals surface area contributed by atoms with Crippen molar-refractivity contribution < 1.29 is 13.9 Å². The fourth-order valence-corrected chi connectivity index (χ4v) is 1.94. The molecule has 0 aromatic heterocycles. The minimum Gasteiger partial charge on any atom is -0.493 e. The van der Waals surface area contributed by atoms with E-state index in [0.717, 1.165) is 5.56 Å². The molecule has 108 valence electrons.